The number of carbonyl (C=O) groups excluding carboxylic acids is 3. The molecule has 2 bridgehead atoms. The number of hydrogen-bond acceptors (Lipinski definition) is 5. The van der Waals surface area contributed by atoms with Gasteiger partial charge in [-0.05, 0) is 76.0 Å². The van der Waals surface area contributed by atoms with Crippen molar-refractivity contribution in [2.75, 3.05) is 11.9 Å². The number of piperidine rings is 3. The molecule has 3 aliphatic heterocycles. The summed E-state index contributed by atoms with van der Waals surface area (Å²) in [6.07, 6.45) is 4.85. The molecule has 3 saturated heterocycles. The van der Waals surface area contributed by atoms with Gasteiger partial charge in [0.05, 0.1) is 11.8 Å². The average molecular weight is 488 g/mol. The number of fused-ring (bicyclic) bond motifs is 3. The number of rotatable bonds is 7. The molecule has 0 spiro atoms. The third kappa shape index (κ3) is 5.39. The second-order valence-corrected chi connectivity index (χ2v) is 9.81. The minimum absolute atomic E-state index is 0.0422. The standard InChI is InChI=1S/C25H31F2N5O3/c1-14(30-21-12-17(26)6-9-20(21)27)25(35)32-19-7-4-15(5-8-19)22(32)24(34)31-18(13-28)11-16-3-2-10-29-23(16)33/h6,9,12,14-16,18-19,22,30H,2-5,7-8,10-11H2,1H3,(H,29,33)(H,31,34)/t14-,15?,16-,18+,19?,22+/m0/s1. The lowest BCUT2D eigenvalue weighted by Gasteiger charge is -2.51. The number of halogens is 2. The maximum atomic E-state index is 14.1. The minimum Gasteiger partial charge on any atom is -0.371 e. The van der Waals surface area contributed by atoms with Gasteiger partial charge in [-0.25, -0.2) is 8.78 Å². The molecule has 0 aromatic heterocycles. The van der Waals surface area contributed by atoms with E-state index in [9.17, 15) is 28.4 Å². The van der Waals surface area contributed by atoms with E-state index >= 15 is 0 Å². The molecule has 4 atom stereocenters. The summed E-state index contributed by atoms with van der Waals surface area (Å²) in [6, 6.07) is 2.46. The van der Waals surface area contributed by atoms with Crippen molar-refractivity contribution in [3.63, 3.8) is 0 Å². The van der Waals surface area contributed by atoms with Gasteiger partial charge in [0, 0.05) is 18.5 Å². The Morgan fingerprint density at radius 3 is 2.66 bits per heavy atom. The summed E-state index contributed by atoms with van der Waals surface area (Å²) in [5.41, 5.74) is -0.121. The summed E-state index contributed by atoms with van der Waals surface area (Å²) in [5.74, 6) is -2.56. The van der Waals surface area contributed by atoms with Gasteiger partial charge in [0.1, 0.15) is 29.8 Å². The maximum absolute atomic E-state index is 14.1. The first-order valence-electron chi connectivity index (χ1n) is 12.3. The van der Waals surface area contributed by atoms with E-state index in [0.29, 0.717) is 13.0 Å². The van der Waals surface area contributed by atoms with Crippen LogP contribution in [0.15, 0.2) is 18.2 Å². The molecule has 1 aromatic rings. The number of benzene rings is 1. The van der Waals surface area contributed by atoms with E-state index in [1.54, 1.807) is 11.8 Å². The van der Waals surface area contributed by atoms with E-state index in [1.165, 1.54) is 0 Å². The molecule has 0 unspecified atom stereocenters. The van der Waals surface area contributed by atoms with Crippen molar-refractivity contribution in [1.29, 1.82) is 5.26 Å². The SMILES string of the molecule is C[C@H](Nc1cc(F)ccc1F)C(=O)N1C2CCC(CC2)[C@@H]1C(=O)N[C@@H](C#N)C[C@@H]1CCCNC1=O. The van der Waals surface area contributed by atoms with Crippen LogP contribution in [0.1, 0.15) is 51.9 Å². The van der Waals surface area contributed by atoms with Crippen LogP contribution in [-0.4, -0.2) is 53.3 Å². The molecule has 4 aliphatic rings. The zero-order valence-electron chi connectivity index (χ0n) is 19.7. The van der Waals surface area contributed by atoms with E-state index < -0.39 is 35.7 Å². The Labute approximate surface area is 203 Å². The van der Waals surface area contributed by atoms with Crippen LogP contribution in [0, 0.1) is 34.8 Å². The number of carbonyl (C=O) groups is 3. The summed E-state index contributed by atoms with van der Waals surface area (Å²) in [4.78, 5) is 40.5. The largest absolute Gasteiger partial charge is 0.371 e. The molecule has 8 nitrogen and oxygen atoms in total. The van der Waals surface area contributed by atoms with Gasteiger partial charge in [-0.1, -0.05) is 0 Å². The summed E-state index contributed by atoms with van der Waals surface area (Å²) in [6.45, 7) is 2.18. The Kier molecular flexibility index (Phi) is 7.53. The quantitative estimate of drug-likeness (QED) is 0.547. The molecule has 35 heavy (non-hydrogen) atoms. The van der Waals surface area contributed by atoms with Crippen LogP contribution in [0.3, 0.4) is 0 Å². The van der Waals surface area contributed by atoms with Crippen LogP contribution < -0.4 is 16.0 Å². The summed E-state index contributed by atoms with van der Waals surface area (Å²) < 4.78 is 27.7. The predicted octanol–water partition coefficient (Wildman–Crippen LogP) is 2.46. The number of nitriles is 1. The van der Waals surface area contributed by atoms with Gasteiger partial charge in [0.2, 0.25) is 17.7 Å². The topological polar surface area (TPSA) is 114 Å². The Balaban J connectivity index is 1.47. The molecule has 5 rings (SSSR count). The third-order valence-corrected chi connectivity index (χ3v) is 7.47. The highest BCUT2D eigenvalue weighted by molar-refractivity contribution is 5.92. The van der Waals surface area contributed by atoms with Crippen LogP contribution in [0.2, 0.25) is 0 Å². The lowest BCUT2D eigenvalue weighted by atomic mass is 9.74. The Hall–Kier alpha value is -3.22. The average Bonchev–Trinajstić information content (AvgIpc) is 2.86. The molecule has 3 amide bonds. The first-order valence-corrected chi connectivity index (χ1v) is 12.3. The number of nitrogens with one attached hydrogen (secondary N) is 3. The number of amides is 3. The van der Waals surface area contributed by atoms with Crippen LogP contribution >= 0.6 is 0 Å². The van der Waals surface area contributed by atoms with Gasteiger partial charge in [-0.2, -0.15) is 5.26 Å². The van der Waals surface area contributed by atoms with Crippen LogP contribution in [0.25, 0.3) is 0 Å². The minimum atomic E-state index is -0.890. The van der Waals surface area contributed by atoms with Crippen molar-refractivity contribution in [2.45, 2.75) is 76.0 Å². The highest BCUT2D eigenvalue weighted by atomic mass is 19.1. The van der Waals surface area contributed by atoms with Gasteiger partial charge in [0.25, 0.3) is 0 Å². The van der Waals surface area contributed by atoms with Crippen molar-refractivity contribution >= 4 is 23.4 Å². The van der Waals surface area contributed by atoms with E-state index in [-0.39, 0.29) is 41.8 Å². The highest BCUT2D eigenvalue weighted by Gasteiger charge is 2.48. The molecule has 1 aromatic carbocycles. The fraction of sp³-hybridized carbons (Fsp3) is 0.600. The first-order chi connectivity index (χ1) is 16.8. The van der Waals surface area contributed by atoms with Crippen LogP contribution in [0.5, 0.6) is 0 Å². The van der Waals surface area contributed by atoms with Crippen molar-refractivity contribution < 1.29 is 23.2 Å². The smallest absolute Gasteiger partial charge is 0.245 e. The second-order valence-electron chi connectivity index (χ2n) is 9.81. The lowest BCUT2D eigenvalue weighted by molar-refractivity contribution is -0.154. The molecule has 4 fully saturated rings. The molecule has 10 heteroatoms. The molecule has 0 radical (unpaired) electrons. The van der Waals surface area contributed by atoms with Crippen molar-refractivity contribution in [3.8, 4) is 6.07 Å². The van der Waals surface area contributed by atoms with E-state index in [2.05, 4.69) is 22.0 Å². The first kappa shape index (κ1) is 24.9. The van der Waals surface area contributed by atoms with Gasteiger partial charge in [-0.15, -0.1) is 0 Å². The third-order valence-electron chi connectivity index (χ3n) is 7.47. The van der Waals surface area contributed by atoms with Gasteiger partial charge in [0.15, 0.2) is 0 Å². The Morgan fingerprint density at radius 2 is 1.97 bits per heavy atom. The van der Waals surface area contributed by atoms with Gasteiger partial charge >= 0.3 is 0 Å². The normalized spacial score (nSPS) is 27.4. The summed E-state index contributed by atoms with van der Waals surface area (Å²) >= 11 is 0. The Bertz CT molecular complexity index is 1020. The lowest BCUT2D eigenvalue weighted by Crippen LogP contribution is -2.65. The molecule has 3 heterocycles. The van der Waals surface area contributed by atoms with Crippen LogP contribution in [-0.2, 0) is 14.4 Å². The molecular formula is C25H31F2N5O3. The zero-order valence-corrected chi connectivity index (χ0v) is 19.7. The van der Waals surface area contributed by atoms with Gasteiger partial charge in [-0.3, -0.25) is 14.4 Å². The zero-order chi connectivity index (χ0) is 25.1. The maximum Gasteiger partial charge on any atom is 0.245 e. The number of nitrogens with zero attached hydrogens (tertiary/aromatic N) is 2. The van der Waals surface area contributed by atoms with E-state index in [0.717, 1.165) is 50.3 Å². The molecular weight excluding hydrogens is 456 g/mol. The van der Waals surface area contributed by atoms with E-state index in [1.807, 2.05) is 0 Å². The molecule has 188 valence electrons. The highest BCUT2D eigenvalue weighted by Crippen LogP contribution is 2.40. The summed E-state index contributed by atoms with van der Waals surface area (Å²) in [7, 11) is 0. The van der Waals surface area contributed by atoms with Gasteiger partial charge < -0.3 is 20.9 Å². The summed E-state index contributed by atoms with van der Waals surface area (Å²) in [5, 5.41) is 18.0. The number of hydrogen-bond donors (Lipinski definition) is 3. The number of anilines is 1. The fourth-order valence-corrected chi connectivity index (χ4v) is 5.68. The second kappa shape index (κ2) is 10.6. The Morgan fingerprint density at radius 1 is 1.23 bits per heavy atom. The van der Waals surface area contributed by atoms with Crippen molar-refractivity contribution in [3.05, 3.63) is 29.8 Å². The monoisotopic (exact) mass is 487 g/mol. The fourth-order valence-electron chi connectivity index (χ4n) is 5.68. The van der Waals surface area contributed by atoms with Crippen molar-refractivity contribution in [1.82, 2.24) is 15.5 Å². The molecule has 3 N–H and O–H groups in total. The van der Waals surface area contributed by atoms with E-state index in [4.69, 9.17) is 0 Å². The van der Waals surface area contributed by atoms with Crippen molar-refractivity contribution in [2.24, 2.45) is 11.8 Å². The van der Waals surface area contributed by atoms with Crippen LogP contribution in [0.4, 0.5) is 14.5 Å². The predicted molar refractivity (Wildman–Crippen MR) is 124 cm³/mol. The molecule has 1 aliphatic carbocycles. The molecule has 1 saturated carbocycles.